The fourth-order valence-electron chi connectivity index (χ4n) is 5.24. The molecule has 4 aromatic rings. The van der Waals surface area contributed by atoms with E-state index in [2.05, 4.69) is 20.5 Å². The number of carbonyl (C=O) groups excluding carboxylic acids is 1. The van der Waals surface area contributed by atoms with E-state index in [-0.39, 0.29) is 17.3 Å². The Kier molecular flexibility index (Phi) is 9.41. The molecule has 6 rings (SSSR count). The number of halogens is 2. The van der Waals surface area contributed by atoms with Gasteiger partial charge in [-0.25, -0.2) is 13.6 Å². The Morgan fingerprint density at radius 2 is 1.73 bits per heavy atom. The van der Waals surface area contributed by atoms with E-state index in [0.29, 0.717) is 53.7 Å². The van der Waals surface area contributed by atoms with Gasteiger partial charge in [-0.15, -0.1) is 0 Å². The first-order valence-electron chi connectivity index (χ1n) is 14.9. The van der Waals surface area contributed by atoms with Crippen molar-refractivity contribution in [1.82, 2.24) is 15.2 Å². The van der Waals surface area contributed by atoms with Crippen molar-refractivity contribution >= 4 is 22.6 Å². The second kappa shape index (κ2) is 14.0. The normalized spacial score (nSPS) is 15.4. The molecule has 2 amide bonds. The molecule has 0 bridgehead atoms. The average molecular weight is 621 g/mol. The van der Waals surface area contributed by atoms with Crippen LogP contribution in [0.3, 0.4) is 0 Å². The van der Waals surface area contributed by atoms with E-state index < -0.39 is 17.9 Å². The molecule has 1 aromatic heterocycles. The predicted octanol–water partition coefficient (Wildman–Crippen LogP) is 6.06. The zero-order chi connectivity index (χ0) is 31.2. The summed E-state index contributed by atoms with van der Waals surface area (Å²) in [5.74, 6) is 0.633. The van der Waals surface area contributed by atoms with Crippen LogP contribution in [-0.4, -0.2) is 68.6 Å². The molecule has 1 fully saturated rings. The van der Waals surface area contributed by atoms with Crippen molar-refractivity contribution in [3.63, 3.8) is 0 Å². The molecule has 1 saturated heterocycles. The van der Waals surface area contributed by atoms with Crippen LogP contribution in [0.15, 0.2) is 60.8 Å². The molecule has 45 heavy (non-hydrogen) atoms. The quantitative estimate of drug-likeness (QED) is 0.206. The molecule has 3 heterocycles. The van der Waals surface area contributed by atoms with E-state index in [1.54, 1.807) is 37.4 Å². The number of rotatable bonds is 10. The van der Waals surface area contributed by atoms with E-state index in [4.69, 9.17) is 23.7 Å². The Bertz CT molecular complexity index is 1650. The van der Waals surface area contributed by atoms with Gasteiger partial charge in [-0.2, -0.15) is 0 Å². The first-order valence-corrected chi connectivity index (χ1v) is 14.9. The molecule has 10 nitrogen and oxygen atoms in total. The number of fused-ring (bicyclic) bond motifs is 3. The maximum absolute atomic E-state index is 15.2. The van der Waals surface area contributed by atoms with Gasteiger partial charge in [0.25, 0.3) is 0 Å². The monoisotopic (exact) mass is 620 g/mol. The van der Waals surface area contributed by atoms with Crippen molar-refractivity contribution in [3.8, 4) is 28.7 Å². The number of nitrogens with one attached hydrogen (secondary N) is 2. The number of hydrogen-bond donors (Lipinski definition) is 2. The lowest BCUT2D eigenvalue weighted by atomic mass is 10.1. The summed E-state index contributed by atoms with van der Waals surface area (Å²) in [5.41, 5.74) is 1.50. The van der Waals surface area contributed by atoms with E-state index in [1.807, 2.05) is 0 Å². The highest BCUT2D eigenvalue weighted by Gasteiger charge is 2.25. The summed E-state index contributed by atoms with van der Waals surface area (Å²) in [4.78, 5) is 19.4. The summed E-state index contributed by atoms with van der Waals surface area (Å²) >= 11 is 0. The fourth-order valence-corrected chi connectivity index (χ4v) is 5.24. The van der Waals surface area contributed by atoms with Gasteiger partial charge in [0.2, 0.25) is 5.75 Å². The molecular formula is C33H34F2N4O6. The lowest BCUT2D eigenvalue weighted by Gasteiger charge is -2.26. The number of nitrogens with zero attached hydrogens (tertiary/aromatic N) is 2. The van der Waals surface area contributed by atoms with Gasteiger partial charge in [0, 0.05) is 43.7 Å². The van der Waals surface area contributed by atoms with Crippen LogP contribution in [-0.2, 0) is 4.74 Å². The van der Waals surface area contributed by atoms with Crippen molar-refractivity contribution in [2.45, 2.75) is 19.4 Å². The van der Waals surface area contributed by atoms with Gasteiger partial charge >= 0.3 is 6.03 Å². The third-order valence-corrected chi connectivity index (χ3v) is 7.55. The van der Waals surface area contributed by atoms with E-state index in [0.717, 1.165) is 44.8 Å². The predicted molar refractivity (Wildman–Crippen MR) is 164 cm³/mol. The van der Waals surface area contributed by atoms with Crippen molar-refractivity contribution < 1.29 is 37.3 Å². The van der Waals surface area contributed by atoms with Gasteiger partial charge in [-0.3, -0.25) is 9.88 Å². The summed E-state index contributed by atoms with van der Waals surface area (Å²) in [6.45, 7) is 7.19. The molecule has 12 heteroatoms. The van der Waals surface area contributed by atoms with Crippen LogP contribution in [0.4, 0.5) is 19.3 Å². The standard InChI is InChI=1S/C33H34F2N4O6/c1-21(22-3-5-23(34)6-4-22)37-33(40)38-24-7-8-27(25(35)19-24)45-28-9-10-36-26-20-29(31-32(30(26)28)44-18-17-43-31)42-14-2-11-39-12-15-41-16-13-39/h3-10,19-21H,2,11-18H2,1H3,(H2,37,38,40)/t21-/m0/s1. The number of carbonyl (C=O) groups is 1. The first-order chi connectivity index (χ1) is 21.9. The SMILES string of the molecule is C[C@H](NC(=O)Nc1ccc(Oc2ccnc3cc(OCCCN4CCOCC4)c4c(c23)OCCO4)c(F)c1)c1ccc(F)cc1. The van der Waals surface area contributed by atoms with Crippen LogP contribution >= 0.6 is 0 Å². The van der Waals surface area contributed by atoms with Gasteiger partial charge in [0.15, 0.2) is 23.1 Å². The molecule has 0 radical (unpaired) electrons. The highest BCUT2D eigenvalue weighted by molar-refractivity contribution is 5.95. The van der Waals surface area contributed by atoms with E-state index in [1.165, 1.54) is 30.3 Å². The minimum atomic E-state index is -0.685. The number of amides is 2. The third kappa shape index (κ3) is 7.35. The third-order valence-electron chi connectivity index (χ3n) is 7.55. The highest BCUT2D eigenvalue weighted by atomic mass is 19.1. The molecule has 0 aliphatic carbocycles. The maximum atomic E-state index is 15.2. The number of aromatic nitrogens is 1. The Morgan fingerprint density at radius 1 is 0.956 bits per heavy atom. The Morgan fingerprint density at radius 3 is 2.51 bits per heavy atom. The molecule has 2 aliphatic heterocycles. The van der Waals surface area contributed by atoms with Crippen molar-refractivity contribution in [3.05, 3.63) is 78.0 Å². The molecule has 2 N–H and O–H groups in total. The van der Waals surface area contributed by atoms with Gasteiger partial charge in [-0.1, -0.05) is 12.1 Å². The lowest BCUT2D eigenvalue weighted by Crippen LogP contribution is -2.37. The summed E-state index contributed by atoms with van der Waals surface area (Å²) in [5, 5.41) is 5.89. The van der Waals surface area contributed by atoms with E-state index in [9.17, 15) is 9.18 Å². The number of benzene rings is 3. The minimum absolute atomic E-state index is 0.0537. The van der Waals surface area contributed by atoms with Crippen LogP contribution in [0.2, 0.25) is 0 Å². The second-order valence-electron chi connectivity index (χ2n) is 10.7. The van der Waals surface area contributed by atoms with Gasteiger partial charge < -0.3 is 34.3 Å². The molecule has 1 atom stereocenters. The topological polar surface area (TPSA) is 103 Å². The summed E-state index contributed by atoms with van der Waals surface area (Å²) in [6, 6.07) is 12.4. The van der Waals surface area contributed by atoms with Crippen molar-refractivity contribution in [2.75, 3.05) is 58.0 Å². The Labute approximate surface area is 259 Å². The van der Waals surface area contributed by atoms with Crippen molar-refractivity contribution in [1.29, 1.82) is 0 Å². The average Bonchev–Trinajstić information content (AvgIpc) is 3.05. The van der Waals surface area contributed by atoms with Gasteiger partial charge in [-0.05, 0) is 49.2 Å². The number of pyridine rings is 1. The number of ether oxygens (including phenoxy) is 5. The molecule has 0 spiro atoms. The van der Waals surface area contributed by atoms with Crippen molar-refractivity contribution in [2.24, 2.45) is 0 Å². The minimum Gasteiger partial charge on any atom is -0.489 e. The van der Waals surface area contributed by atoms with Crippen LogP contribution in [0.25, 0.3) is 10.9 Å². The van der Waals surface area contributed by atoms with Crippen LogP contribution in [0.1, 0.15) is 24.9 Å². The summed E-state index contributed by atoms with van der Waals surface area (Å²) in [7, 11) is 0. The molecule has 0 saturated carbocycles. The Hall–Kier alpha value is -4.68. The summed E-state index contributed by atoms with van der Waals surface area (Å²) < 4.78 is 57.9. The molecule has 236 valence electrons. The van der Waals surface area contributed by atoms with Crippen LogP contribution in [0.5, 0.6) is 28.7 Å². The lowest BCUT2D eigenvalue weighted by molar-refractivity contribution is 0.0357. The first kappa shape index (κ1) is 30.4. The zero-order valence-corrected chi connectivity index (χ0v) is 24.8. The Balaban J connectivity index is 1.14. The highest BCUT2D eigenvalue weighted by Crippen LogP contribution is 2.48. The second-order valence-corrected chi connectivity index (χ2v) is 10.7. The van der Waals surface area contributed by atoms with Crippen LogP contribution in [0, 0.1) is 11.6 Å². The van der Waals surface area contributed by atoms with Crippen LogP contribution < -0.4 is 29.6 Å². The van der Waals surface area contributed by atoms with E-state index >= 15 is 4.39 Å². The zero-order valence-electron chi connectivity index (χ0n) is 24.8. The molecule has 0 unspecified atom stereocenters. The maximum Gasteiger partial charge on any atom is 0.319 e. The number of morpholine rings is 1. The molecule has 3 aromatic carbocycles. The number of urea groups is 1. The van der Waals surface area contributed by atoms with Gasteiger partial charge in [0.1, 0.15) is 24.8 Å². The number of hydrogen-bond acceptors (Lipinski definition) is 8. The largest absolute Gasteiger partial charge is 0.489 e. The smallest absolute Gasteiger partial charge is 0.319 e. The van der Waals surface area contributed by atoms with Gasteiger partial charge in [0.05, 0.1) is 36.8 Å². The number of anilines is 1. The molecule has 2 aliphatic rings. The summed E-state index contributed by atoms with van der Waals surface area (Å²) in [6.07, 6.45) is 2.40. The fraction of sp³-hybridized carbons (Fsp3) is 0.333. The molecular weight excluding hydrogens is 586 g/mol.